The molecule has 1 saturated heterocycles. The van der Waals surface area contributed by atoms with Crippen molar-refractivity contribution in [1.29, 1.82) is 0 Å². The molecule has 2 amide bonds. The molecule has 1 aliphatic rings. The lowest BCUT2D eigenvalue weighted by atomic mass is 9.98. The third-order valence-corrected chi connectivity index (χ3v) is 5.78. The Bertz CT molecular complexity index is 1060. The summed E-state index contributed by atoms with van der Waals surface area (Å²) in [6.07, 6.45) is 1.17. The number of thiazole rings is 1. The van der Waals surface area contributed by atoms with E-state index < -0.39 is 17.1 Å². The number of piperidine rings is 1. The molecule has 0 aliphatic carbocycles. The van der Waals surface area contributed by atoms with Crippen molar-refractivity contribution in [3.63, 3.8) is 0 Å². The molecule has 1 fully saturated rings. The number of nitrogens with zero attached hydrogens (tertiary/aromatic N) is 4. The number of rotatable bonds is 3. The number of aromatic nitrogens is 4. The van der Waals surface area contributed by atoms with E-state index in [0.717, 1.165) is 22.5 Å². The molecule has 10 nitrogen and oxygen atoms in total. The summed E-state index contributed by atoms with van der Waals surface area (Å²) >= 11 is 6.40. The second kappa shape index (κ2) is 8.64. The van der Waals surface area contributed by atoms with E-state index in [4.69, 9.17) is 17.0 Å². The van der Waals surface area contributed by atoms with Gasteiger partial charge in [0.1, 0.15) is 17.0 Å². The Balaban J connectivity index is 1.63. The van der Waals surface area contributed by atoms with E-state index in [1.165, 1.54) is 18.3 Å². The van der Waals surface area contributed by atoms with Gasteiger partial charge in [-0.15, -0.1) is 11.3 Å². The molecule has 0 aromatic carbocycles. The second-order valence-electron chi connectivity index (χ2n) is 8.01. The maximum Gasteiger partial charge on any atom is 0.410 e. The first kappa shape index (κ1) is 22.1. The molecule has 12 heteroatoms. The molecule has 2 aromatic rings. The quantitative estimate of drug-likeness (QED) is 0.686. The van der Waals surface area contributed by atoms with Gasteiger partial charge in [-0.1, -0.05) is 0 Å². The number of likely N-dealkylation sites (tertiary alicyclic amines) is 1. The lowest BCUT2D eigenvalue weighted by molar-refractivity contribution is 0.0205. The van der Waals surface area contributed by atoms with Crippen molar-refractivity contribution in [2.45, 2.75) is 52.1 Å². The number of nitrogens with one attached hydrogen (secondary N) is 2. The third kappa shape index (κ3) is 5.11. The van der Waals surface area contributed by atoms with Gasteiger partial charge in [0.25, 0.3) is 11.5 Å². The summed E-state index contributed by atoms with van der Waals surface area (Å²) in [5.74, 6) is -0.375. The molecular formula is C18H24N6O4S2. The number of hydrogen-bond donors (Lipinski definition) is 2. The minimum Gasteiger partial charge on any atom is -0.444 e. The monoisotopic (exact) mass is 452 g/mol. The van der Waals surface area contributed by atoms with Crippen molar-refractivity contribution >= 4 is 35.6 Å². The Hall–Kier alpha value is -2.60. The van der Waals surface area contributed by atoms with Gasteiger partial charge in [0, 0.05) is 24.4 Å². The van der Waals surface area contributed by atoms with Gasteiger partial charge < -0.3 is 9.64 Å². The number of aryl methyl sites for hydroxylation is 1. The van der Waals surface area contributed by atoms with E-state index in [2.05, 4.69) is 20.6 Å². The van der Waals surface area contributed by atoms with E-state index in [-0.39, 0.29) is 28.2 Å². The summed E-state index contributed by atoms with van der Waals surface area (Å²) in [6.45, 7) is 8.18. The zero-order valence-corrected chi connectivity index (χ0v) is 18.9. The molecule has 30 heavy (non-hydrogen) atoms. The summed E-state index contributed by atoms with van der Waals surface area (Å²) in [5, 5.41) is 8.74. The topological polar surface area (TPSA) is 122 Å². The summed E-state index contributed by atoms with van der Waals surface area (Å²) in [4.78, 5) is 43.0. The first-order valence-electron chi connectivity index (χ1n) is 9.48. The minimum atomic E-state index is -0.532. The number of hydrogen-bond acceptors (Lipinski definition) is 8. The zero-order valence-electron chi connectivity index (χ0n) is 17.2. The number of carbonyl (C=O) groups excluding carboxylic acids is 2. The van der Waals surface area contributed by atoms with Crippen molar-refractivity contribution in [2.75, 3.05) is 18.5 Å². The fraction of sp³-hybridized carbons (Fsp3) is 0.556. The molecule has 162 valence electrons. The van der Waals surface area contributed by atoms with Crippen LogP contribution in [0.3, 0.4) is 0 Å². The van der Waals surface area contributed by atoms with E-state index in [1.54, 1.807) is 10.3 Å². The fourth-order valence-corrected chi connectivity index (χ4v) is 4.10. The standard InChI is InChI=1S/C18H24N6O4S2/c1-10-15(26)24(16(29)21-20-10)22-13(25)12-9-30-14(19-12)11-5-7-23(8-6-11)17(27)28-18(2,3)4/h9,11H,5-8H2,1-4H3,(H,21,29)(H,22,25). The molecule has 2 N–H and O–H groups in total. The Morgan fingerprint density at radius 2 is 2.00 bits per heavy atom. The Morgan fingerprint density at radius 3 is 2.63 bits per heavy atom. The zero-order chi connectivity index (χ0) is 22.1. The lowest BCUT2D eigenvalue weighted by Gasteiger charge is -2.32. The molecule has 0 bridgehead atoms. The van der Waals surface area contributed by atoms with Crippen molar-refractivity contribution in [3.05, 3.63) is 36.9 Å². The van der Waals surface area contributed by atoms with Gasteiger partial charge in [-0.25, -0.2) is 9.78 Å². The molecule has 1 aliphatic heterocycles. The Morgan fingerprint density at radius 1 is 1.33 bits per heavy atom. The van der Waals surface area contributed by atoms with Gasteiger partial charge in [-0.3, -0.25) is 20.1 Å². The fourth-order valence-electron chi connectivity index (χ4n) is 2.96. The van der Waals surface area contributed by atoms with Crippen LogP contribution in [0.4, 0.5) is 4.79 Å². The van der Waals surface area contributed by atoms with Crippen LogP contribution in [0.2, 0.25) is 0 Å². The Labute approximate surface area is 182 Å². The van der Waals surface area contributed by atoms with Gasteiger partial charge in [-0.2, -0.15) is 9.77 Å². The first-order valence-corrected chi connectivity index (χ1v) is 10.8. The minimum absolute atomic E-state index is 0.0103. The van der Waals surface area contributed by atoms with Crippen molar-refractivity contribution in [3.8, 4) is 0 Å². The SMILES string of the molecule is Cc1n[nH]c(=S)n(NC(=O)c2csc(C3CCN(C(=O)OC(C)(C)C)CC3)n2)c1=O. The molecule has 0 spiro atoms. The van der Waals surface area contributed by atoms with Gasteiger partial charge in [0.05, 0.1) is 5.01 Å². The molecule has 3 heterocycles. The molecule has 3 rings (SSSR count). The van der Waals surface area contributed by atoms with Crippen LogP contribution in [0.15, 0.2) is 10.2 Å². The van der Waals surface area contributed by atoms with Crippen molar-refractivity contribution < 1.29 is 14.3 Å². The third-order valence-electron chi connectivity index (χ3n) is 4.50. The highest BCUT2D eigenvalue weighted by Crippen LogP contribution is 2.31. The van der Waals surface area contributed by atoms with Crippen molar-refractivity contribution in [1.82, 2.24) is 24.8 Å². The smallest absolute Gasteiger partial charge is 0.410 e. The number of aromatic amines is 1. The number of amides is 2. The highest BCUT2D eigenvalue weighted by molar-refractivity contribution is 7.71. The molecule has 0 radical (unpaired) electrons. The van der Waals surface area contributed by atoms with Crippen LogP contribution in [-0.4, -0.2) is 55.4 Å². The maximum absolute atomic E-state index is 12.5. The molecule has 0 atom stereocenters. The number of carbonyl (C=O) groups is 2. The largest absolute Gasteiger partial charge is 0.444 e. The van der Waals surface area contributed by atoms with Gasteiger partial charge >= 0.3 is 6.09 Å². The average Bonchev–Trinajstić information content (AvgIpc) is 3.17. The van der Waals surface area contributed by atoms with Crippen LogP contribution in [0.25, 0.3) is 0 Å². The number of ether oxygens (including phenoxy) is 1. The number of H-pyrrole nitrogens is 1. The Kier molecular flexibility index (Phi) is 6.36. The van der Waals surface area contributed by atoms with E-state index >= 15 is 0 Å². The summed E-state index contributed by atoms with van der Waals surface area (Å²) in [5.41, 5.74) is 1.82. The lowest BCUT2D eigenvalue weighted by Crippen LogP contribution is -2.41. The van der Waals surface area contributed by atoms with Gasteiger partial charge in [0.2, 0.25) is 4.77 Å². The molecule has 0 unspecified atom stereocenters. The summed E-state index contributed by atoms with van der Waals surface area (Å²) in [7, 11) is 0. The summed E-state index contributed by atoms with van der Waals surface area (Å²) < 4.78 is 6.35. The van der Waals surface area contributed by atoms with Crippen LogP contribution < -0.4 is 11.0 Å². The predicted octanol–water partition coefficient (Wildman–Crippen LogP) is 2.56. The average molecular weight is 453 g/mol. The van der Waals surface area contributed by atoms with Crippen LogP contribution in [0, 0.1) is 11.7 Å². The van der Waals surface area contributed by atoms with E-state index in [1.807, 2.05) is 20.8 Å². The second-order valence-corrected chi connectivity index (χ2v) is 9.28. The van der Waals surface area contributed by atoms with Gasteiger partial charge in [0.15, 0.2) is 0 Å². The molecule has 0 saturated carbocycles. The van der Waals surface area contributed by atoms with Crippen molar-refractivity contribution in [2.24, 2.45) is 0 Å². The van der Waals surface area contributed by atoms with E-state index in [9.17, 15) is 14.4 Å². The van der Waals surface area contributed by atoms with E-state index in [0.29, 0.717) is 13.1 Å². The molecular weight excluding hydrogens is 428 g/mol. The molecule has 2 aromatic heterocycles. The van der Waals surface area contributed by atoms with Crippen LogP contribution in [0.1, 0.15) is 60.7 Å². The van der Waals surface area contributed by atoms with Gasteiger partial charge in [-0.05, 0) is 52.8 Å². The van der Waals surface area contributed by atoms with Crippen LogP contribution >= 0.6 is 23.6 Å². The first-order chi connectivity index (χ1) is 14.0. The maximum atomic E-state index is 12.5. The van der Waals surface area contributed by atoms with Crippen LogP contribution in [0.5, 0.6) is 0 Å². The predicted molar refractivity (Wildman–Crippen MR) is 114 cm³/mol. The summed E-state index contributed by atoms with van der Waals surface area (Å²) in [6, 6.07) is 0. The highest BCUT2D eigenvalue weighted by Gasteiger charge is 2.29. The normalized spacial score (nSPS) is 15.1. The highest BCUT2D eigenvalue weighted by atomic mass is 32.1. The van der Waals surface area contributed by atoms with Crippen LogP contribution in [-0.2, 0) is 4.74 Å².